The number of imidazole rings is 1. The van der Waals surface area contributed by atoms with Gasteiger partial charge in [0.1, 0.15) is 11.6 Å². The molecular formula is C29H37N5O2. The molecule has 0 unspecified atom stereocenters. The minimum Gasteiger partial charge on any atom is -0.369 e. The summed E-state index contributed by atoms with van der Waals surface area (Å²) in [6.07, 6.45) is 5.90. The molecule has 1 fully saturated rings. The maximum atomic E-state index is 13.2. The second-order valence-electron chi connectivity index (χ2n) is 9.71. The van der Waals surface area contributed by atoms with Gasteiger partial charge in [-0.25, -0.2) is 4.98 Å². The third-order valence-corrected chi connectivity index (χ3v) is 6.84. The van der Waals surface area contributed by atoms with Gasteiger partial charge < -0.3 is 24.9 Å². The van der Waals surface area contributed by atoms with Crippen LogP contribution in [0.5, 0.6) is 0 Å². The van der Waals surface area contributed by atoms with E-state index in [4.69, 9.17) is 0 Å². The van der Waals surface area contributed by atoms with E-state index in [0.29, 0.717) is 12.0 Å². The predicted octanol–water partition coefficient (Wildman–Crippen LogP) is 4.84. The lowest BCUT2D eigenvalue weighted by atomic mass is 10.0. The van der Waals surface area contributed by atoms with Crippen molar-refractivity contribution in [1.82, 2.24) is 20.2 Å². The number of carbonyl (C=O) groups is 2. The van der Waals surface area contributed by atoms with E-state index < -0.39 is 0 Å². The molecule has 0 spiro atoms. The van der Waals surface area contributed by atoms with Crippen molar-refractivity contribution in [3.63, 3.8) is 0 Å². The number of benzene rings is 2. The highest BCUT2D eigenvalue weighted by Gasteiger charge is 2.20. The summed E-state index contributed by atoms with van der Waals surface area (Å²) in [6.45, 7) is 5.72. The van der Waals surface area contributed by atoms with Crippen molar-refractivity contribution in [3.8, 4) is 11.3 Å². The van der Waals surface area contributed by atoms with E-state index in [9.17, 15) is 9.59 Å². The number of amides is 1. The van der Waals surface area contributed by atoms with Crippen LogP contribution in [0.15, 0.2) is 60.8 Å². The number of likely N-dealkylation sites (N-methyl/N-ethyl adjacent to an activating group) is 1. The number of aromatic nitrogens is 2. The molecule has 0 bridgehead atoms. The van der Waals surface area contributed by atoms with Crippen molar-refractivity contribution in [2.45, 2.75) is 45.1 Å². The largest absolute Gasteiger partial charge is 0.369 e. The summed E-state index contributed by atoms with van der Waals surface area (Å²) in [6, 6.07) is 17.7. The molecule has 4 rings (SSSR count). The zero-order chi connectivity index (χ0) is 25.3. The first-order chi connectivity index (χ1) is 17.5. The SMILES string of the molecule is CC(=O)CCCCC[C@H](NC(=O)c1ccc(N2CCN(C)CC2)cc1)c1ncc(-c2ccccc2)[nH]1. The van der Waals surface area contributed by atoms with Crippen LogP contribution in [-0.4, -0.2) is 59.8 Å². The molecule has 1 aliphatic rings. The third-order valence-electron chi connectivity index (χ3n) is 6.84. The average molecular weight is 488 g/mol. The fourth-order valence-corrected chi connectivity index (χ4v) is 4.58. The van der Waals surface area contributed by atoms with Crippen LogP contribution < -0.4 is 10.2 Å². The first-order valence-electron chi connectivity index (χ1n) is 12.9. The summed E-state index contributed by atoms with van der Waals surface area (Å²) in [4.78, 5) is 37.2. The lowest BCUT2D eigenvalue weighted by Gasteiger charge is -2.34. The number of anilines is 1. The topological polar surface area (TPSA) is 81.3 Å². The third kappa shape index (κ3) is 7.04. The Morgan fingerprint density at radius 2 is 1.69 bits per heavy atom. The van der Waals surface area contributed by atoms with Crippen LogP contribution in [0.25, 0.3) is 11.3 Å². The maximum Gasteiger partial charge on any atom is 0.251 e. The molecule has 3 aromatic rings. The van der Waals surface area contributed by atoms with Crippen molar-refractivity contribution < 1.29 is 9.59 Å². The average Bonchev–Trinajstić information content (AvgIpc) is 3.39. The van der Waals surface area contributed by atoms with Crippen LogP contribution in [0.1, 0.15) is 61.3 Å². The number of hydrogen-bond acceptors (Lipinski definition) is 5. The van der Waals surface area contributed by atoms with Crippen molar-refractivity contribution >= 4 is 17.4 Å². The van der Waals surface area contributed by atoms with Gasteiger partial charge in [-0.1, -0.05) is 43.2 Å². The Morgan fingerprint density at radius 1 is 0.972 bits per heavy atom. The molecule has 2 aromatic carbocycles. The molecule has 7 heteroatoms. The Hall–Kier alpha value is -3.45. The van der Waals surface area contributed by atoms with E-state index in [1.165, 1.54) is 0 Å². The van der Waals surface area contributed by atoms with Gasteiger partial charge in [-0.2, -0.15) is 0 Å². The summed E-state index contributed by atoms with van der Waals surface area (Å²) in [5.41, 5.74) is 3.78. The molecule has 1 saturated heterocycles. The lowest BCUT2D eigenvalue weighted by Crippen LogP contribution is -2.44. The number of nitrogens with zero attached hydrogens (tertiary/aromatic N) is 3. The Bertz CT molecular complexity index is 1120. The number of piperazine rings is 1. The van der Waals surface area contributed by atoms with Gasteiger partial charge in [0.2, 0.25) is 0 Å². The number of rotatable bonds is 11. The number of ketones is 1. The second-order valence-corrected chi connectivity index (χ2v) is 9.71. The summed E-state index contributed by atoms with van der Waals surface area (Å²) in [5, 5.41) is 3.20. The number of H-pyrrole nitrogens is 1. The van der Waals surface area contributed by atoms with Crippen LogP contribution in [0, 0.1) is 0 Å². The number of nitrogens with one attached hydrogen (secondary N) is 2. The number of aromatic amines is 1. The molecule has 0 aliphatic carbocycles. The minimum absolute atomic E-state index is 0.105. The Labute approximate surface area is 213 Å². The highest BCUT2D eigenvalue weighted by atomic mass is 16.1. The van der Waals surface area contributed by atoms with Gasteiger partial charge >= 0.3 is 0 Å². The number of Topliss-reactive ketones (excluding diaryl/α,β-unsaturated/α-hetero) is 1. The first kappa shape index (κ1) is 25.6. The molecular weight excluding hydrogens is 450 g/mol. The fourth-order valence-electron chi connectivity index (χ4n) is 4.58. The zero-order valence-electron chi connectivity index (χ0n) is 21.4. The van der Waals surface area contributed by atoms with Crippen molar-refractivity contribution in [2.24, 2.45) is 0 Å². The highest BCUT2D eigenvalue weighted by Crippen LogP contribution is 2.24. The van der Waals surface area contributed by atoms with E-state index in [1.807, 2.05) is 60.8 Å². The molecule has 7 nitrogen and oxygen atoms in total. The monoisotopic (exact) mass is 487 g/mol. The van der Waals surface area contributed by atoms with Crippen LogP contribution in [-0.2, 0) is 4.79 Å². The predicted molar refractivity (Wildman–Crippen MR) is 144 cm³/mol. The fraction of sp³-hybridized carbons (Fsp3) is 0.414. The molecule has 0 radical (unpaired) electrons. The molecule has 1 amide bonds. The molecule has 1 aliphatic heterocycles. The van der Waals surface area contributed by atoms with Gasteiger partial charge in [0.05, 0.1) is 17.9 Å². The van der Waals surface area contributed by atoms with E-state index in [0.717, 1.165) is 74.6 Å². The number of carbonyl (C=O) groups excluding carboxylic acids is 2. The smallest absolute Gasteiger partial charge is 0.251 e. The second kappa shape index (κ2) is 12.5. The normalized spacial score (nSPS) is 15.0. The van der Waals surface area contributed by atoms with Crippen LogP contribution in [0.4, 0.5) is 5.69 Å². The summed E-state index contributed by atoms with van der Waals surface area (Å²) in [7, 11) is 2.15. The van der Waals surface area contributed by atoms with Gasteiger partial charge in [0, 0.05) is 43.9 Å². The van der Waals surface area contributed by atoms with E-state index in [2.05, 4.69) is 32.1 Å². The van der Waals surface area contributed by atoms with Gasteiger partial charge in [0.25, 0.3) is 5.91 Å². The first-order valence-corrected chi connectivity index (χ1v) is 12.9. The molecule has 1 atom stereocenters. The highest BCUT2D eigenvalue weighted by molar-refractivity contribution is 5.94. The van der Waals surface area contributed by atoms with Crippen molar-refractivity contribution in [3.05, 3.63) is 72.2 Å². The summed E-state index contributed by atoms with van der Waals surface area (Å²) < 4.78 is 0. The Morgan fingerprint density at radius 3 is 2.39 bits per heavy atom. The molecule has 0 saturated carbocycles. The van der Waals surface area contributed by atoms with Gasteiger partial charge in [-0.3, -0.25) is 4.79 Å². The molecule has 190 valence electrons. The van der Waals surface area contributed by atoms with E-state index in [-0.39, 0.29) is 17.7 Å². The standard InChI is InChI=1S/C29H37N5O2/c1-22(35)9-5-3-8-12-26(28-30-21-27(31-28)23-10-6-4-7-11-23)32-29(36)24-13-15-25(16-14-24)34-19-17-33(2)18-20-34/h4,6-7,10-11,13-16,21,26H,3,5,8-9,12,17-20H2,1-2H3,(H,30,31)(H,32,36)/t26-/m0/s1. The van der Waals surface area contributed by atoms with Crippen molar-refractivity contribution in [2.75, 3.05) is 38.1 Å². The van der Waals surface area contributed by atoms with Crippen LogP contribution in [0.3, 0.4) is 0 Å². The van der Waals surface area contributed by atoms with Crippen LogP contribution >= 0.6 is 0 Å². The zero-order valence-corrected chi connectivity index (χ0v) is 21.4. The van der Waals surface area contributed by atoms with Gasteiger partial charge in [-0.05, 0) is 56.6 Å². The molecule has 36 heavy (non-hydrogen) atoms. The van der Waals surface area contributed by atoms with E-state index in [1.54, 1.807) is 6.92 Å². The van der Waals surface area contributed by atoms with Gasteiger partial charge in [-0.15, -0.1) is 0 Å². The quantitative estimate of drug-likeness (QED) is 0.378. The lowest BCUT2D eigenvalue weighted by molar-refractivity contribution is -0.117. The molecule has 2 heterocycles. The molecule has 2 N–H and O–H groups in total. The van der Waals surface area contributed by atoms with Gasteiger partial charge in [0.15, 0.2) is 0 Å². The van der Waals surface area contributed by atoms with Crippen LogP contribution in [0.2, 0.25) is 0 Å². The minimum atomic E-state index is -0.232. The number of unbranched alkanes of at least 4 members (excludes halogenated alkanes) is 2. The van der Waals surface area contributed by atoms with E-state index >= 15 is 0 Å². The molecule has 1 aromatic heterocycles. The number of hydrogen-bond donors (Lipinski definition) is 2. The Kier molecular flexibility index (Phi) is 8.90. The summed E-state index contributed by atoms with van der Waals surface area (Å²) >= 11 is 0. The summed E-state index contributed by atoms with van der Waals surface area (Å²) in [5.74, 6) is 0.868. The van der Waals surface area contributed by atoms with Crippen molar-refractivity contribution in [1.29, 1.82) is 0 Å². The maximum absolute atomic E-state index is 13.2. The Balaban J connectivity index is 1.43.